The van der Waals surface area contributed by atoms with Gasteiger partial charge in [0.2, 0.25) is 0 Å². The Labute approximate surface area is 97.8 Å². The summed E-state index contributed by atoms with van der Waals surface area (Å²) in [6.07, 6.45) is 6.36. The van der Waals surface area contributed by atoms with E-state index in [0.29, 0.717) is 0 Å². The van der Waals surface area contributed by atoms with Crippen LogP contribution < -0.4 is 5.56 Å². The first-order valence-corrected chi connectivity index (χ1v) is 6.55. The summed E-state index contributed by atoms with van der Waals surface area (Å²) < 4.78 is 1.79. The molecule has 0 fully saturated rings. The standard InChI is InChI=1S/C13H24N2O/c1-4-7-9-12-11(6-3)13(16)15(14-12)10-8-5-2/h14H,4-10H2,1-3H3. The molecule has 0 saturated carbocycles. The number of unbranched alkanes of at least 4 members (excludes halogenated alkanes) is 2. The largest absolute Gasteiger partial charge is 0.299 e. The van der Waals surface area contributed by atoms with Gasteiger partial charge in [-0.05, 0) is 25.7 Å². The lowest BCUT2D eigenvalue weighted by atomic mass is 10.1. The van der Waals surface area contributed by atoms with Crippen molar-refractivity contribution in [3.05, 3.63) is 21.6 Å². The summed E-state index contributed by atoms with van der Waals surface area (Å²) in [5.74, 6) is 0. The maximum atomic E-state index is 12.0. The Balaban J connectivity index is 2.86. The highest BCUT2D eigenvalue weighted by Gasteiger charge is 2.11. The van der Waals surface area contributed by atoms with Crippen LogP contribution >= 0.6 is 0 Å². The van der Waals surface area contributed by atoms with Gasteiger partial charge in [0, 0.05) is 17.8 Å². The summed E-state index contributed by atoms with van der Waals surface area (Å²) in [6, 6.07) is 0. The van der Waals surface area contributed by atoms with Gasteiger partial charge in [-0.3, -0.25) is 14.6 Å². The van der Waals surface area contributed by atoms with Gasteiger partial charge in [0.25, 0.3) is 5.56 Å². The second-order valence-electron chi connectivity index (χ2n) is 4.34. The molecule has 1 N–H and O–H groups in total. The van der Waals surface area contributed by atoms with Crippen LogP contribution in [0.15, 0.2) is 4.79 Å². The van der Waals surface area contributed by atoms with Crippen molar-refractivity contribution in [1.29, 1.82) is 0 Å². The summed E-state index contributed by atoms with van der Waals surface area (Å²) in [4.78, 5) is 12.0. The molecule has 0 aliphatic carbocycles. The van der Waals surface area contributed by atoms with Gasteiger partial charge in [0.1, 0.15) is 0 Å². The van der Waals surface area contributed by atoms with Gasteiger partial charge >= 0.3 is 0 Å². The third-order valence-corrected chi connectivity index (χ3v) is 3.01. The first-order chi connectivity index (χ1) is 7.74. The van der Waals surface area contributed by atoms with E-state index in [9.17, 15) is 4.79 Å². The highest BCUT2D eigenvalue weighted by atomic mass is 16.1. The number of nitrogens with zero attached hydrogens (tertiary/aromatic N) is 1. The molecule has 3 heteroatoms. The maximum absolute atomic E-state index is 12.0. The van der Waals surface area contributed by atoms with Crippen LogP contribution in [0.4, 0.5) is 0 Å². The monoisotopic (exact) mass is 224 g/mol. The zero-order valence-electron chi connectivity index (χ0n) is 10.8. The Kier molecular flexibility index (Phi) is 5.36. The minimum absolute atomic E-state index is 0.196. The van der Waals surface area contributed by atoms with Crippen molar-refractivity contribution in [2.24, 2.45) is 0 Å². The molecule has 0 unspecified atom stereocenters. The minimum atomic E-state index is 0.196. The Bertz CT molecular complexity index is 362. The lowest BCUT2D eigenvalue weighted by Gasteiger charge is -2.00. The van der Waals surface area contributed by atoms with Crippen molar-refractivity contribution in [1.82, 2.24) is 9.78 Å². The average Bonchev–Trinajstić information content (AvgIpc) is 2.60. The molecule has 3 nitrogen and oxygen atoms in total. The molecule has 0 radical (unpaired) electrons. The van der Waals surface area contributed by atoms with Crippen molar-refractivity contribution in [2.75, 3.05) is 0 Å². The van der Waals surface area contributed by atoms with Crippen LogP contribution in [0, 0.1) is 0 Å². The molecule has 16 heavy (non-hydrogen) atoms. The SMILES string of the molecule is CCCCc1[nH]n(CCCC)c(=O)c1CC. The van der Waals surface area contributed by atoms with Gasteiger partial charge in [-0.25, -0.2) is 0 Å². The topological polar surface area (TPSA) is 37.8 Å². The molecule has 1 rings (SSSR count). The fourth-order valence-electron chi connectivity index (χ4n) is 1.97. The van der Waals surface area contributed by atoms with Gasteiger partial charge in [0.05, 0.1) is 0 Å². The van der Waals surface area contributed by atoms with Crippen molar-refractivity contribution in [3.8, 4) is 0 Å². The summed E-state index contributed by atoms with van der Waals surface area (Å²) in [5.41, 5.74) is 2.34. The zero-order valence-corrected chi connectivity index (χ0v) is 10.8. The Morgan fingerprint density at radius 1 is 1.12 bits per heavy atom. The third kappa shape index (κ3) is 3.00. The highest BCUT2D eigenvalue weighted by molar-refractivity contribution is 5.17. The molecule has 1 aromatic rings. The second-order valence-corrected chi connectivity index (χ2v) is 4.34. The van der Waals surface area contributed by atoms with Crippen LogP contribution in [-0.2, 0) is 19.4 Å². The smallest absolute Gasteiger partial charge is 0.269 e. The second kappa shape index (κ2) is 6.56. The van der Waals surface area contributed by atoms with E-state index in [1.54, 1.807) is 4.68 Å². The van der Waals surface area contributed by atoms with Gasteiger partial charge in [-0.1, -0.05) is 33.6 Å². The molecule has 1 heterocycles. The van der Waals surface area contributed by atoms with Crippen molar-refractivity contribution in [2.45, 2.75) is 65.8 Å². The number of rotatable bonds is 7. The molecule has 0 aliphatic heterocycles. The lowest BCUT2D eigenvalue weighted by molar-refractivity contribution is 0.549. The van der Waals surface area contributed by atoms with E-state index in [4.69, 9.17) is 0 Å². The maximum Gasteiger partial charge on any atom is 0.269 e. The number of hydrogen-bond acceptors (Lipinski definition) is 1. The molecular formula is C13H24N2O. The van der Waals surface area contributed by atoms with Crippen LogP contribution in [0.3, 0.4) is 0 Å². The van der Waals surface area contributed by atoms with Crippen molar-refractivity contribution < 1.29 is 0 Å². The Hall–Kier alpha value is -0.990. The summed E-state index contributed by atoms with van der Waals surface area (Å²) in [5, 5.41) is 3.27. The number of aromatic amines is 1. The van der Waals surface area contributed by atoms with E-state index in [1.807, 2.05) is 0 Å². The van der Waals surface area contributed by atoms with Crippen molar-refractivity contribution in [3.63, 3.8) is 0 Å². The Morgan fingerprint density at radius 2 is 1.81 bits per heavy atom. The van der Waals surface area contributed by atoms with Crippen LogP contribution in [-0.4, -0.2) is 9.78 Å². The Morgan fingerprint density at radius 3 is 2.38 bits per heavy atom. The molecule has 0 bridgehead atoms. The normalized spacial score (nSPS) is 10.9. The van der Waals surface area contributed by atoms with E-state index < -0.39 is 0 Å². The van der Waals surface area contributed by atoms with Crippen LogP contribution in [0.25, 0.3) is 0 Å². The summed E-state index contributed by atoms with van der Waals surface area (Å²) in [6.45, 7) is 7.21. The summed E-state index contributed by atoms with van der Waals surface area (Å²) >= 11 is 0. The van der Waals surface area contributed by atoms with E-state index in [-0.39, 0.29) is 5.56 Å². The first-order valence-electron chi connectivity index (χ1n) is 6.55. The predicted molar refractivity (Wildman–Crippen MR) is 68.0 cm³/mol. The van der Waals surface area contributed by atoms with Crippen LogP contribution in [0.1, 0.15) is 57.7 Å². The van der Waals surface area contributed by atoms with Gasteiger partial charge in [-0.2, -0.15) is 0 Å². The van der Waals surface area contributed by atoms with Gasteiger partial charge in [0.15, 0.2) is 0 Å². The molecule has 0 amide bonds. The molecule has 0 atom stereocenters. The fraction of sp³-hybridized carbons (Fsp3) is 0.769. The van der Waals surface area contributed by atoms with Crippen molar-refractivity contribution >= 4 is 0 Å². The number of nitrogens with one attached hydrogen (secondary N) is 1. The fourth-order valence-corrected chi connectivity index (χ4v) is 1.97. The zero-order chi connectivity index (χ0) is 12.0. The predicted octanol–water partition coefficient (Wildman–Crippen LogP) is 2.88. The average molecular weight is 224 g/mol. The van der Waals surface area contributed by atoms with E-state index in [1.165, 1.54) is 6.42 Å². The van der Waals surface area contributed by atoms with E-state index in [0.717, 1.165) is 49.9 Å². The van der Waals surface area contributed by atoms with Gasteiger partial charge in [-0.15, -0.1) is 0 Å². The molecule has 92 valence electrons. The quantitative estimate of drug-likeness (QED) is 0.759. The molecule has 0 saturated heterocycles. The van der Waals surface area contributed by atoms with E-state index >= 15 is 0 Å². The number of aryl methyl sites for hydroxylation is 2. The first kappa shape index (κ1) is 13.1. The highest BCUT2D eigenvalue weighted by Crippen LogP contribution is 2.07. The number of hydrogen-bond donors (Lipinski definition) is 1. The molecule has 0 spiro atoms. The molecule has 1 aromatic heterocycles. The van der Waals surface area contributed by atoms with Crippen LogP contribution in [0.2, 0.25) is 0 Å². The lowest BCUT2D eigenvalue weighted by Crippen LogP contribution is -2.18. The van der Waals surface area contributed by atoms with E-state index in [2.05, 4.69) is 25.9 Å². The third-order valence-electron chi connectivity index (χ3n) is 3.01. The summed E-state index contributed by atoms with van der Waals surface area (Å²) in [7, 11) is 0. The molecular weight excluding hydrogens is 200 g/mol. The molecule has 0 aromatic carbocycles. The van der Waals surface area contributed by atoms with Gasteiger partial charge < -0.3 is 0 Å². The molecule has 0 aliphatic rings. The number of H-pyrrole nitrogens is 1. The van der Waals surface area contributed by atoms with Crippen LogP contribution in [0.5, 0.6) is 0 Å². The number of aromatic nitrogens is 2. The minimum Gasteiger partial charge on any atom is -0.299 e.